The molecule has 0 aromatic heterocycles. The van der Waals surface area contributed by atoms with Crippen molar-refractivity contribution in [2.24, 2.45) is 23.7 Å². The van der Waals surface area contributed by atoms with Crippen LogP contribution in [-0.4, -0.2) is 47.1 Å². The van der Waals surface area contributed by atoms with E-state index in [1.54, 1.807) is 6.42 Å². The van der Waals surface area contributed by atoms with Gasteiger partial charge in [0, 0.05) is 37.9 Å². The lowest BCUT2D eigenvalue weighted by atomic mass is 9.54. The summed E-state index contributed by atoms with van der Waals surface area (Å²) >= 11 is 5.65. The maximum absolute atomic E-state index is 5.65. The maximum Gasteiger partial charge on any atom is 0.173 e. The second-order valence-electron chi connectivity index (χ2n) is 8.74. The van der Waals surface area contributed by atoms with Gasteiger partial charge in [-0.15, -0.1) is 0 Å². The van der Waals surface area contributed by atoms with E-state index in [0.717, 1.165) is 53.6 Å². The number of rotatable bonds is 2. The van der Waals surface area contributed by atoms with E-state index in [2.05, 4.69) is 39.4 Å². The molecule has 25 heavy (non-hydrogen) atoms. The van der Waals surface area contributed by atoms with Gasteiger partial charge in [0.2, 0.25) is 0 Å². The Morgan fingerprint density at radius 2 is 1.44 bits per heavy atom. The molecule has 3 nitrogen and oxygen atoms in total. The Morgan fingerprint density at radius 3 is 2.04 bits per heavy atom. The zero-order chi connectivity index (χ0) is 16.8. The van der Waals surface area contributed by atoms with E-state index in [-0.39, 0.29) is 0 Å². The minimum absolute atomic E-state index is 0.880. The summed E-state index contributed by atoms with van der Waals surface area (Å²) in [5, 5.41) is 4.28. The maximum atomic E-state index is 5.65. The first-order chi connectivity index (χ1) is 12.3. The molecule has 1 saturated heterocycles. The van der Waals surface area contributed by atoms with Crippen LogP contribution in [0.2, 0.25) is 0 Å². The van der Waals surface area contributed by atoms with E-state index in [1.807, 2.05) is 6.07 Å². The minimum atomic E-state index is 0.880. The number of para-hydroxylation sites is 1. The number of nitrogens with zero attached hydrogens (tertiary/aromatic N) is 2. The van der Waals surface area contributed by atoms with E-state index in [0.29, 0.717) is 0 Å². The standard InChI is InChI=1S/C21H29N3S/c25-21(22-19-4-2-1-3-5-19)24-8-6-23(7-9-24)20-17-11-15-10-16(13-17)14-18(20)12-15/h1-5,15-18,20H,6-14H2,(H,22,25). The largest absolute Gasteiger partial charge is 0.346 e. The molecular weight excluding hydrogens is 326 g/mol. The molecule has 1 aromatic rings. The zero-order valence-corrected chi connectivity index (χ0v) is 15.8. The molecule has 1 N–H and O–H groups in total. The summed E-state index contributed by atoms with van der Waals surface area (Å²) in [5.41, 5.74) is 1.09. The average Bonchev–Trinajstić information content (AvgIpc) is 2.62. The van der Waals surface area contributed by atoms with Gasteiger partial charge in [0.25, 0.3) is 0 Å². The predicted octanol–water partition coefficient (Wildman–Crippen LogP) is 3.83. The smallest absolute Gasteiger partial charge is 0.173 e. The second kappa shape index (κ2) is 6.55. The van der Waals surface area contributed by atoms with Crippen molar-refractivity contribution >= 4 is 23.0 Å². The van der Waals surface area contributed by atoms with Crippen LogP contribution in [0.4, 0.5) is 5.69 Å². The average molecular weight is 356 g/mol. The van der Waals surface area contributed by atoms with Crippen LogP contribution in [0.1, 0.15) is 32.1 Å². The number of anilines is 1. The number of hydrogen-bond acceptors (Lipinski definition) is 2. The van der Waals surface area contributed by atoms with Crippen LogP contribution < -0.4 is 5.32 Å². The molecule has 4 saturated carbocycles. The van der Waals surface area contributed by atoms with Gasteiger partial charge in [-0.2, -0.15) is 0 Å². The summed E-state index contributed by atoms with van der Waals surface area (Å²) in [5.74, 6) is 4.14. The molecule has 1 aromatic carbocycles. The first kappa shape index (κ1) is 16.1. The summed E-state index contributed by atoms with van der Waals surface area (Å²) in [6.07, 6.45) is 7.63. The monoisotopic (exact) mass is 355 g/mol. The molecule has 1 heterocycles. The zero-order valence-electron chi connectivity index (χ0n) is 14.9. The SMILES string of the molecule is S=C(Nc1ccccc1)N1CCN(C2C3CC4CC(C3)CC2C4)CC1. The third-order valence-electron chi connectivity index (χ3n) is 7.23. The van der Waals surface area contributed by atoms with Gasteiger partial charge in [-0.3, -0.25) is 4.90 Å². The first-order valence-electron chi connectivity index (χ1n) is 10.1. The molecule has 4 aliphatic carbocycles. The molecule has 4 heteroatoms. The summed E-state index contributed by atoms with van der Waals surface area (Å²) in [6.45, 7) is 4.51. The molecule has 0 amide bonds. The van der Waals surface area contributed by atoms with Crippen molar-refractivity contribution in [1.82, 2.24) is 9.80 Å². The summed E-state index contributed by atoms with van der Waals surface area (Å²) < 4.78 is 0. The van der Waals surface area contributed by atoms with Gasteiger partial charge in [-0.05, 0) is 80.1 Å². The molecule has 134 valence electrons. The quantitative estimate of drug-likeness (QED) is 0.813. The van der Waals surface area contributed by atoms with Crippen molar-refractivity contribution in [2.45, 2.75) is 38.1 Å². The van der Waals surface area contributed by atoms with E-state index < -0.39 is 0 Å². The molecular formula is C21H29N3S. The van der Waals surface area contributed by atoms with Crippen molar-refractivity contribution in [3.8, 4) is 0 Å². The fourth-order valence-corrected chi connectivity index (χ4v) is 6.74. The molecule has 5 fully saturated rings. The van der Waals surface area contributed by atoms with Crippen molar-refractivity contribution in [1.29, 1.82) is 0 Å². The van der Waals surface area contributed by atoms with Crippen LogP contribution >= 0.6 is 12.2 Å². The Balaban J connectivity index is 1.18. The van der Waals surface area contributed by atoms with E-state index in [4.69, 9.17) is 12.2 Å². The Morgan fingerprint density at radius 1 is 0.840 bits per heavy atom. The van der Waals surface area contributed by atoms with Crippen LogP contribution in [0.5, 0.6) is 0 Å². The number of benzene rings is 1. The van der Waals surface area contributed by atoms with Crippen LogP contribution in [0.15, 0.2) is 30.3 Å². The Hall–Kier alpha value is -1.13. The fraction of sp³-hybridized carbons (Fsp3) is 0.667. The number of piperazine rings is 1. The lowest BCUT2D eigenvalue weighted by Gasteiger charge is -2.58. The highest BCUT2D eigenvalue weighted by molar-refractivity contribution is 7.80. The Bertz CT molecular complexity index is 595. The van der Waals surface area contributed by atoms with Crippen LogP contribution in [-0.2, 0) is 0 Å². The van der Waals surface area contributed by atoms with Crippen molar-refractivity contribution in [2.75, 3.05) is 31.5 Å². The lowest BCUT2D eigenvalue weighted by Crippen LogP contribution is -2.60. The Kier molecular flexibility index (Phi) is 4.21. The van der Waals surface area contributed by atoms with Crippen LogP contribution in [0.25, 0.3) is 0 Å². The highest BCUT2D eigenvalue weighted by Crippen LogP contribution is 2.55. The molecule has 1 aliphatic heterocycles. The highest BCUT2D eigenvalue weighted by atomic mass is 32.1. The van der Waals surface area contributed by atoms with Gasteiger partial charge < -0.3 is 10.2 Å². The number of nitrogens with one attached hydrogen (secondary N) is 1. The molecule has 0 radical (unpaired) electrons. The summed E-state index contributed by atoms with van der Waals surface area (Å²) in [6, 6.07) is 11.2. The third kappa shape index (κ3) is 3.08. The van der Waals surface area contributed by atoms with Gasteiger partial charge in [-0.1, -0.05) is 18.2 Å². The van der Waals surface area contributed by atoms with E-state index in [1.165, 1.54) is 38.8 Å². The van der Waals surface area contributed by atoms with Gasteiger partial charge in [0.05, 0.1) is 0 Å². The molecule has 5 aliphatic rings. The normalized spacial score (nSPS) is 37.3. The first-order valence-corrected chi connectivity index (χ1v) is 10.5. The van der Waals surface area contributed by atoms with Gasteiger partial charge in [0.15, 0.2) is 5.11 Å². The fourth-order valence-electron chi connectivity index (χ4n) is 6.44. The Labute approximate surface area is 156 Å². The predicted molar refractivity (Wildman–Crippen MR) is 107 cm³/mol. The number of thiocarbonyl (C=S) groups is 1. The van der Waals surface area contributed by atoms with Crippen molar-refractivity contribution < 1.29 is 0 Å². The third-order valence-corrected chi connectivity index (χ3v) is 7.59. The molecule has 0 spiro atoms. The molecule has 6 rings (SSSR count). The van der Waals surface area contributed by atoms with Crippen LogP contribution in [0, 0.1) is 23.7 Å². The summed E-state index contributed by atoms with van der Waals surface area (Å²) in [4.78, 5) is 5.18. The summed E-state index contributed by atoms with van der Waals surface area (Å²) in [7, 11) is 0. The van der Waals surface area contributed by atoms with E-state index >= 15 is 0 Å². The van der Waals surface area contributed by atoms with Gasteiger partial charge in [0.1, 0.15) is 0 Å². The highest BCUT2D eigenvalue weighted by Gasteiger charge is 2.50. The van der Waals surface area contributed by atoms with Crippen LogP contribution in [0.3, 0.4) is 0 Å². The minimum Gasteiger partial charge on any atom is -0.346 e. The molecule has 0 unspecified atom stereocenters. The molecule has 4 bridgehead atoms. The van der Waals surface area contributed by atoms with Crippen molar-refractivity contribution in [3.63, 3.8) is 0 Å². The van der Waals surface area contributed by atoms with Crippen molar-refractivity contribution in [3.05, 3.63) is 30.3 Å². The van der Waals surface area contributed by atoms with E-state index in [9.17, 15) is 0 Å². The topological polar surface area (TPSA) is 18.5 Å². The number of hydrogen-bond donors (Lipinski definition) is 1. The molecule has 0 atom stereocenters. The lowest BCUT2D eigenvalue weighted by molar-refractivity contribution is -0.0726. The second-order valence-corrected chi connectivity index (χ2v) is 9.13. The van der Waals surface area contributed by atoms with Gasteiger partial charge in [-0.25, -0.2) is 0 Å². The van der Waals surface area contributed by atoms with Gasteiger partial charge >= 0.3 is 0 Å².